The first-order valence-corrected chi connectivity index (χ1v) is 12.3. The molecule has 2 aliphatic rings. The molecule has 0 bridgehead atoms. The molecule has 1 aromatic carbocycles. The predicted octanol–water partition coefficient (Wildman–Crippen LogP) is 2.50. The molecule has 8 nitrogen and oxygen atoms in total. The van der Waals surface area contributed by atoms with E-state index in [1.807, 2.05) is 18.2 Å². The smallest absolute Gasteiger partial charge is 0.253 e. The molecular formula is C24H34N4O4S. The zero-order chi connectivity index (χ0) is 23.2. The van der Waals surface area contributed by atoms with Crippen LogP contribution in [0.25, 0.3) is 10.9 Å². The fourth-order valence-corrected chi connectivity index (χ4v) is 4.52. The molecule has 0 radical (unpaired) electrons. The van der Waals surface area contributed by atoms with E-state index in [1.165, 1.54) is 0 Å². The third-order valence-corrected chi connectivity index (χ3v) is 6.72. The summed E-state index contributed by atoms with van der Waals surface area (Å²) in [5.41, 5.74) is 1.29. The molecule has 0 aliphatic carbocycles. The second-order valence-corrected chi connectivity index (χ2v) is 8.86. The fraction of sp³-hybridized carbons (Fsp3) is 0.583. The maximum absolute atomic E-state index is 12.9. The quantitative estimate of drug-likeness (QED) is 0.537. The average molecular weight is 475 g/mol. The van der Waals surface area contributed by atoms with Gasteiger partial charge >= 0.3 is 0 Å². The molecule has 180 valence electrons. The number of ether oxygens (including phenoxy) is 3. The standard InChI is InChI=1S/C24H34N4O4S/c1-3-27(4-2)7-8-28(24(33)25-15-19-6-5-9-30-19)16-18-12-17-13-21-22(32-11-10-31-21)14-20(17)26-23(18)29/h12-14,19H,3-11,15-16H2,1-2H3,(H,25,33)(H,26,29)/t19-/m1/s1. The highest BCUT2D eigenvalue weighted by Gasteiger charge is 2.19. The molecule has 0 spiro atoms. The second-order valence-electron chi connectivity index (χ2n) is 8.48. The van der Waals surface area contributed by atoms with Crippen molar-refractivity contribution in [2.75, 3.05) is 52.5 Å². The number of rotatable bonds is 9. The number of aromatic amines is 1. The van der Waals surface area contributed by atoms with Gasteiger partial charge in [-0.3, -0.25) is 4.79 Å². The van der Waals surface area contributed by atoms with E-state index in [4.69, 9.17) is 26.4 Å². The van der Waals surface area contributed by atoms with Crippen LogP contribution in [-0.4, -0.2) is 78.5 Å². The number of fused-ring (bicyclic) bond motifs is 2. The highest BCUT2D eigenvalue weighted by molar-refractivity contribution is 7.80. The van der Waals surface area contributed by atoms with Crippen molar-refractivity contribution >= 4 is 28.2 Å². The number of benzene rings is 1. The number of hydrogen-bond acceptors (Lipinski definition) is 6. The zero-order valence-electron chi connectivity index (χ0n) is 19.5. The first-order chi connectivity index (χ1) is 16.1. The molecule has 0 saturated carbocycles. The number of likely N-dealkylation sites (N-methyl/N-ethyl adjacent to an activating group) is 1. The van der Waals surface area contributed by atoms with Gasteiger partial charge in [0.15, 0.2) is 16.6 Å². The molecule has 0 amide bonds. The van der Waals surface area contributed by atoms with Gasteiger partial charge in [-0.15, -0.1) is 0 Å². The van der Waals surface area contributed by atoms with E-state index in [0.717, 1.165) is 56.5 Å². The second kappa shape index (κ2) is 11.2. The predicted molar refractivity (Wildman–Crippen MR) is 133 cm³/mol. The Morgan fingerprint density at radius 2 is 1.88 bits per heavy atom. The Morgan fingerprint density at radius 1 is 1.12 bits per heavy atom. The van der Waals surface area contributed by atoms with Crippen LogP contribution in [0.4, 0.5) is 0 Å². The van der Waals surface area contributed by atoms with Gasteiger partial charge in [-0.05, 0) is 50.3 Å². The van der Waals surface area contributed by atoms with Gasteiger partial charge in [0.05, 0.1) is 18.2 Å². The van der Waals surface area contributed by atoms with Crippen molar-refractivity contribution in [3.05, 3.63) is 34.1 Å². The SMILES string of the molecule is CCN(CC)CCN(Cc1cc2cc3c(cc2[nH]c1=O)OCCO3)C(=S)NC[C@H]1CCCO1. The summed E-state index contributed by atoms with van der Waals surface area (Å²) in [6.45, 7) is 10.8. The summed E-state index contributed by atoms with van der Waals surface area (Å²) < 4.78 is 17.1. The third-order valence-electron chi connectivity index (χ3n) is 6.32. The molecular weight excluding hydrogens is 440 g/mol. The van der Waals surface area contributed by atoms with Crippen molar-refractivity contribution in [3.63, 3.8) is 0 Å². The van der Waals surface area contributed by atoms with Gasteiger partial charge in [0, 0.05) is 43.3 Å². The number of thiocarbonyl (C=S) groups is 1. The number of hydrogen-bond donors (Lipinski definition) is 2. The molecule has 33 heavy (non-hydrogen) atoms. The highest BCUT2D eigenvalue weighted by Crippen LogP contribution is 2.33. The maximum Gasteiger partial charge on any atom is 0.253 e. The molecule has 2 N–H and O–H groups in total. The number of H-pyrrole nitrogens is 1. The van der Waals surface area contributed by atoms with Crippen LogP contribution in [0.15, 0.2) is 23.0 Å². The van der Waals surface area contributed by atoms with E-state index >= 15 is 0 Å². The van der Waals surface area contributed by atoms with Gasteiger partial charge in [0.1, 0.15) is 13.2 Å². The molecule has 1 fully saturated rings. The molecule has 4 rings (SSSR count). The number of aromatic nitrogens is 1. The summed E-state index contributed by atoms with van der Waals surface area (Å²) in [5.74, 6) is 1.37. The first kappa shape index (κ1) is 23.8. The lowest BCUT2D eigenvalue weighted by Crippen LogP contribution is -2.46. The van der Waals surface area contributed by atoms with Gasteiger partial charge < -0.3 is 34.3 Å². The molecule has 1 atom stereocenters. The summed E-state index contributed by atoms with van der Waals surface area (Å²) in [7, 11) is 0. The first-order valence-electron chi connectivity index (χ1n) is 11.9. The van der Waals surface area contributed by atoms with Gasteiger partial charge in [0.2, 0.25) is 0 Å². The Hall–Kier alpha value is -2.36. The van der Waals surface area contributed by atoms with Crippen LogP contribution < -0.4 is 20.3 Å². The Bertz CT molecular complexity index is 1020. The van der Waals surface area contributed by atoms with Crippen LogP contribution in [0.3, 0.4) is 0 Å². The summed E-state index contributed by atoms with van der Waals surface area (Å²) >= 11 is 5.74. The van der Waals surface area contributed by atoms with Crippen LogP contribution >= 0.6 is 12.2 Å². The van der Waals surface area contributed by atoms with Gasteiger partial charge in [-0.1, -0.05) is 13.8 Å². The normalized spacial score (nSPS) is 17.5. The lowest BCUT2D eigenvalue weighted by molar-refractivity contribution is 0.113. The maximum atomic E-state index is 12.9. The molecule has 2 aromatic rings. The van der Waals surface area contributed by atoms with Crippen molar-refractivity contribution in [2.45, 2.75) is 39.3 Å². The minimum atomic E-state index is -0.117. The summed E-state index contributed by atoms with van der Waals surface area (Å²) in [4.78, 5) is 20.4. The Morgan fingerprint density at radius 3 is 2.58 bits per heavy atom. The van der Waals surface area contributed by atoms with Crippen LogP contribution in [0.1, 0.15) is 32.3 Å². The number of nitrogens with one attached hydrogen (secondary N) is 2. The van der Waals surface area contributed by atoms with E-state index in [0.29, 0.717) is 48.5 Å². The van der Waals surface area contributed by atoms with Crippen molar-refractivity contribution < 1.29 is 14.2 Å². The van der Waals surface area contributed by atoms with E-state index < -0.39 is 0 Å². The third kappa shape index (κ3) is 5.96. The average Bonchev–Trinajstić information content (AvgIpc) is 3.35. The largest absolute Gasteiger partial charge is 0.486 e. The lowest BCUT2D eigenvalue weighted by Gasteiger charge is -2.29. The number of pyridine rings is 1. The van der Waals surface area contributed by atoms with Crippen LogP contribution in [0, 0.1) is 0 Å². The van der Waals surface area contributed by atoms with E-state index in [1.54, 1.807) is 0 Å². The molecule has 9 heteroatoms. The Balaban J connectivity index is 1.53. The molecule has 3 heterocycles. The molecule has 0 unspecified atom stereocenters. The van der Waals surface area contributed by atoms with Crippen LogP contribution in [0.5, 0.6) is 11.5 Å². The summed E-state index contributed by atoms with van der Waals surface area (Å²) in [6.07, 6.45) is 2.34. The van der Waals surface area contributed by atoms with Crippen LogP contribution in [0.2, 0.25) is 0 Å². The van der Waals surface area contributed by atoms with Crippen molar-refractivity contribution in [1.29, 1.82) is 0 Å². The van der Waals surface area contributed by atoms with E-state index in [9.17, 15) is 4.79 Å². The number of nitrogens with zero attached hydrogens (tertiary/aromatic N) is 2. The fourth-order valence-electron chi connectivity index (χ4n) is 4.28. The topological polar surface area (TPSA) is 79.1 Å². The molecule has 2 aliphatic heterocycles. The van der Waals surface area contributed by atoms with Crippen molar-refractivity contribution in [3.8, 4) is 11.5 Å². The lowest BCUT2D eigenvalue weighted by atomic mass is 10.1. The van der Waals surface area contributed by atoms with Crippen molar-refractivity contribution in [1.82, 2.24) is 20.1 Å². The van der Waals surface area contributed by atoms with Crippen molar-refractivity contribution in [2.24, 2.45) is 0 Å². The van der Waals surface area contributed by atoms with Gasteiger partial charge in [-0.25, -0.2) is 0 Å². The highest BCUT2D eigenvalue weighted by atomic mass is 32.1. The van der Waals surface area contributed by atoms with E-state index in [-0.39, 0.29) is 11.7 Å². The van der Waals surface area contributed by atoms with Crippen LogP contribution in [-0.2, 0) is 11.3 Å². The van der Waals surface area contributed by atoms with E-state index in [2.05, 4.69) is 33.9 Å². The summed E-state index contributed by atoms with van der Waals surface area (Å²) in [6, 6.07) is 5.69. The van der Waals surface area contributed by atoms with Gasteiger partial charge in [-0.2, -0.15) is 0 Å². The van der Waals surface area contributed by atoms with Gasteiger partial charge in [0.25, 0.3) is 5.56 Å². The summed E-state index contributed by atoms with van der Waals surface area (Å²) in [5, 5.41) is 4.93. The molecule has 1 saturated heterocycles. The monoisotopic (exact) mass is 474 g/mol. The molecule has 1 aromatic heterocycles. The minimum Gasteiger partial charge on any atom is -0.486 e. The minimum absolute atomic E-state index is 0.117. The zero-order valence-corrected chi connectivity index (χ0v) is 20.3. The Labute approximate surface area is 200 Å². The Kier molecular flexibility index (Phi) is 8.06.